The third-order valence-corrected chi connectivity index (χ3v) is 5.83. The highest BCUT2D eigenvalue weighted by Crippen LogP contribution is 2.48. The summed E-state index contributed by atoms with van der Waals surface area (Å²) in [5, 5.41) is 2.88. The summed E-state index contributed by atoms with van der Waals surface area (Å²) >= 11 is 0. The molecular weight excluding hydrogens is 302 g/mol. The fraction of sp³-hybridized carbons (Fsp3) is 0.875. The third-order valence-electron chi connectivity index (χ3n) is 5.83. The van der Waals surface area contributed by atoms with Gasteiger partial charge in [0.05, 0.1) is 5.92 Å². The molecule has 1 aliphatic heterocycles. The van der Waals surface area contributed by atoms with Gasteiger partial charge in [-0.25, -0.2) is 0 Å². The van der Waals surface area contributed by atoms with Crippen LogP contribution in [0.2, 0.25) is 0 Å². The first-order valence-electron chi connectivity index (χ1n) is 8.35. The van der Waals surface area contributed by atoms with E-state index in [4.69, 9.17) is 5.73 Å². The van der Waals surface area contributed by atoms with Gasteiger partial charge in [0.2, 0.25) is 11.8 Å². The molecule has 2 saturated carbocycles. The second-order valence-corrected chi connectivity index (χ2v) is 7.14. The molecule has 2 bridgehead atoms. The van der Waals surface area contributed by atoms with Gasteiger partial charge in [-0.2, -0.15) is 0 Å². The number of rotatable bonds is 3. The number of carbonyl (C=O) groups is 2. The standard InChI is InChI=1S/C16H27N3O2.ClH/c1-10(20)18-9-11-4-6-19(7-5-11)16(21)14-12-2-3-13(8-12)15(14)17;/h11-15H,2-9,17H2,1H3,(H,18,20);1H. The number of halogens is 1. The highest BCUT2D eigenvalue weighted by atomic mass is 35.5. The maximum absolute atomic E-state index is 12.7. The molecule has 0 radical (unpaired) electrons. The molecule has 0 aromatic rings. The normalized spacial score (nSPS) is 34.4. The van der Waals surface area contributed by atoms with Crippen molar-refractivity contribution in [2.45, 2.75) is 45.1 Å². The van der Waals surface area contributed by atoms with E-state index in [2.05, 4.69) is 5.32 Å². The molecule has 3 rings (SSSR count). The van der Waals surface area contributed by atoms with Crippen LogP contribution in [-0.2, 0) is 9.59 Å². The van der Waals surface area contributed by atoms with Crippen molar-refractivity contribution in [3.63, 3.8) is 0 Å². The smallest absolute Gasteiger partial charge is 0.227 e. The Morgan fingerprint density at radius 2 is 1.77 bits per heavy atom. The molecule has 5 nitrogen and oxygen atoms in total. The highest BCUT2D eigenvalue weighted by molar-refractivity contribution is 5.85. The Kier molecular flexibility index (Phi) is 5.72. The number of nitrogens with two attached hydrogens (primary N) is 1. The molecule has 3 fully saturated rings. The van der Waals surface area contributed by atoms with Crippen molar-refractivity contribution in [3.8, 4) is 0 Å². The molecule has 1 saturated heterocycles. The van der Waals surface area contributed by atoms with Crippen molar-refractivity contribution in [1.29, 1.82) is 0 Å². The third kappa shape index (κ3) is 3.40. The molecule has 1 heterocycles. The minimum absolute atomic E-state index is 0. The van der Waals surface area contributed by atoms with E-state index in [1.54, 1.807) is 6.92 Å². The quantitative estimate of drug-likeness (QED) is 0.815. The monoisotopic (exact) mass is 329 g/mol. The second-order valence-electron chi connectivity index (χ2n) is 7.14. The molecule has 22 heavy (non-hydrogen) atoms. The van der Waals surface area contributed by atoms with Crippen LogP contribution in [0.4, 0.5) is 0 Å². The molecule has 3 aliphatic rings. The van der Waals surface area contributed by atoms with Gasteiger partial charge in [-0.3, -0.25) is 9.59 Å². The first kappa shape index (κ1) is 17.5. The number of fused-ring (bicyclic) bond motifs is 2. The van der Waals surface area contributed by atoms with Gasteiger partial charge in [0, 0.05) is 32.6 Å². The zero-order valence-corrected chi connectivity index (χ0v) is 14.1. The van der Waals surface area contributed by atoms with Crippen LogP contribution in [0.1, 0.15) is 39.0 Å². The Morgan fingerprint density at radius 1 is 1.14 bits per heavy atom. The van der Waals surface area contributed by atoms with Crippen molar-refractivity contribution >= 4 is 24.2 Å². The lowest BCUT2D eigenvalue weighted by Crippen LogP contribution is -2.49. The molecule has 2 aliphatic carbocycles. The van der Waals surface area contributed by atoms with Crippen LogP contribution in [-0.4, -0.2) is 42.4 Å². The van der Waals surface area contributed by atoms with Gasteiger partial charge < -0.3 is 16.0 Å². The number of piperidine rings is 1. The highest BCUT2D eigenvalue weighted by Gasteiger charge is 2.50. The van der Waals surface area contributed by atoms with E-state index in [1.165, 1.54) is 12.8 Å². The van der Waals surface area contributed by atoms with Crippen molar-refractivity contribution in [1.82, 2.24) is 10.2 Å². The number of likely N-dealkylation sites (tertiary alicyclic amines) is 1. The molecule has 4 unspecified atom stereocenters. The minimum Gasteiger partial charge on any atom is -0.356 e. The molecule has 0 aromatic carbocycles. The lowest BCUT2D eigenvalue weighted by Gasteiger charge is -2.37. The summed E-state index contributed by atoms with van der Waals surface area (Å²) in [4.78, 5) is 25.7. The average Bonchev–Trinajstić information content (AvgIpc) is 3.06. The van der Waals surface area contributed by atoms with Crippen LogP contribution in [0.3, 0.4) is 0 Å². The number of hydrogen-bond donors (Lipinski definition) is 2. The molecule has 2 amide bonds. The molecule has 126 valence electrons. The first-order chi connectivity index (χ1) is 10.1. The fourth-order valence-corrected chi connectivity index (χ4v) is 4.56. The van der Waals surface area contributed by atoms with Crippen molar-refractivity contribution in [2.24, 2.45) is 29.4 Å². The number of amides is 2. The summed E-state index contributed by atoms with van der Waals surface area (Å²) < 4.78 is 0. The Hall–Kier alpha value is -0.810. The van der Waals surface area contributed by atoms with E-state index in [9.17, 15) is 9.59 Å². The Bertz CT molecular complexity index is 422. The van der Waals surface area contributed by atoms with Gasteiger partial charge in [0.1, 0.15) is 0 Å². The molecule has 3 N–H and O–H groups in total. The van der Waals surface area contributed by atoms with Gasteiger partial charge in [-0.15, -0.1) is 12.4 Å². The predicted molar refractivity (Wildman–Crippen MR) is 87.5 cm³/mol. The SMILES string of the molecule is CC(=O)NCC1CCN(C(=O)C2C3CCC(C3)C2N)CC1.Cl. The van der Waals surface area contributed by atoms with E-state index < -0.39 is 0 Å². The molecule has 0 aromatic heterocycles. The topological polar surface area (TPSA) is 75.4 Å². The number of carbonyl (C=O) groups excluding carboxylic acids is 2. The lowest BCUT2D eigenvalue weighted by atomic mass is 9.83. The average molecular weight is 330 g/mol. The fourth-order valence-electron chi connectivity index (χ4n) is 4.56. The molecule has 0 spiro atoms. The summed E-state index contributed by atoms with van der Waals surface area (Å²) in [6.45, 7) is 3.94. The predicted octanol–water partition coefficient (Wildman–Crippen LogP) is 1.16. The van der Waals surface area contributed by atoms with Crippen LogP contribution < -0.4 is 11.1 Å². The second kappa shape index (κ2) is 7.18. The number of nitrogens with one attached hydrogen (secondary N) is 1. The largest absolute Gasteiger partial charge is 0.356 e. The van der Waals surface area contributed by atoms with Crippen molar-refractivity contribution in [3.05, 3.63) is 0 Å². The van der Waals surface area contributed by atoms with E-state index >= 15 is 0 Å². The van der Waals surface area contributed by atoms with Gasteiger partial charge >= 0.3 is 0 Å². The zero-order valence-electron chi connectivity index (χ0n) is 13.3. The number of nitrogens with zero attached hydrogens (tertiary/aromatic N) is 1. The van der Waals surface area contributed by atoms with E-state index in [-0.39, 0.29) is 30.3 Å². The van der Waals surface area contributed by atoms with Crippen LogP contribution in [0, 0.1) is 23.7 Å². The summed E-state index contributed by atoms with van der Waals surface area (Å²) in [5.74, 6) is 2.03. The van der Waals surface area contributed by atoms with E-state index in [0.717, 1.165) is 38.9 Å². The number of hydrogen-bond acceptors (Lipinski definition) is 3. The van der Waals surface area contributed by atoms with Gasteiger partial charge in [0.25, 0.3) is 0 Å². The minimum atomic E-state index is 0. The summed E-state index contributed by atoms with van der Waals surface area (Å²) in [7, 11) is 0. The first-order valence-corrected chi connectivity index (χ1v) is 8.35. The van der Waals surface area contributed by atoms with Crippen molar-refractivity contribution < 1.29 is 9.59 Å². The summed E-state index contributed by atoms with van der Waals surface area (Å²) in [5.41, 5.74) is 6.29. The molecule has 4 atom stereocenters. The van der Waals surface area contributed by atoms with E-state index in [1.807, 2.05) is 4.90 Å². The van der Waals surface area contributed by atoms with Gasteiger partial charge in [-0.1, -0.05) is 0 Å². The Labute approximate surface area is 138 Å². The van der Waals surface area contributed by atoms with E-state index in [0.29, 0.717) is 23.7 Å². The maximum Gasteiger partial charge on any atom is 0.227 e. The Morgan fingerprint density at radius 3 is 2.32 bits per heavy atom. The Balaban J connectivity index is 0.00000176. The summed E-state index contributed by atoms with van der Waals surface area (Å²) in [6, 6.07) is 0.0911. The van der Waals surface area contributed by atoms with Crippen LogP contribution in [0.25, 0.3) is 0 Å². The van der Waals surface area contributed by atoms with Gasteiger partial charge in [-0.05, 0) is 49.9 Å². The van der Waals surface area contributed by atoms with Crippen LogP contribution in [0.5, 0.6) is 0 Å². The lowest BCUT2D eigenvalue weighted by molar-refractivity contribution is -0.139. The van der Waals surface area contributed by atoms with Crippen LogP contribution >= 0.6 is 12.4 Å². The molecular formula is C16H28ClN3O2. The summed E-state index contributed by atoms with van der Waals surface area (Å²) in [6.07, 6.45) is 5.54. The van der Waals surface area contributed by atoms with Crippen LogP contribution in [0.15, 0.2) is 0 Å². The van der Waals surface area contributed by atoms with Gasteiger partial charge in [0.15, 0.2) is 0 Å². The maximum atomic E-state index is 12.7. The zero-order chi connectivity index (χ0) is 15.0. The molecule has 6 heteroatoms. The van der Waals surface area contributed by atoms with Crippen molar-refractivity contribution in [2.75, 3.05) is 19.6 Å².